The molecule has 0 saturated carbocycles. The Bertz CT molecular complexity index is 234. The second-order valence-corrected chi connectivity index (χ2v) is 4.22. The molecule has 0 aromatic carbocycles. The highest BCUT2D eigenvalue weighted by atomic mass is 32.1. The normalized spacial score (nSPS) is 37.8. The number of aliphatic hydroxyl groups is 4. The van der Waals surface area contributed by atoms with Crippen molar-refractivity contribution in [2.45, 2.75) is 43.2 Å². The molecule has 0 radical (unpaired) electrons. The maximum Gasteiger partial charge on any atom is 0.160 e. The Morgan fingerprint density at radius 2 is 2.18 bits per heavy atom. The number of thiol groups is 1. The second-order valence-electron chi connectivity index (χ2n) is 3.96. The quantitative estimate of drug-likeness (QED) is 0.309. The van der Waals surface area contributed by atoms with Crippen molar-refractivity contribution < 1.29 is 29.9 Å². The topological polar surface area (TPSA) is 111 Å². The Labute approximate surface area is 105 Å². The number of rotatable bonds is 5. The molecule has 1 saturated heterocycles. The lowest BCUT2D eigenvalue weighted by Crippen LogP contribution is -2.60. The summed E-state index contributed by atoms with van der Waals surface area (Å²) in [4.78, 5) is 0. The Morgan fingerprint density at radius 3 is 2.65 bits per heavy atom. The fraction of sp³-hybridized carbons (Fsp3) is 1.00. The van der Waals surface area contributed by atoms with E-state index < -0.39 is 43.4 Å². The summed E-state index contributed by atoms with van der Waals surface area (Å²) in [6.45, 7) is -0.603. The molecule has 0 aliphatic carbocycles. The molecular weight excluding hydrogens is 250 g/mol. The van der Waals surface area contributed by atoms with Crippen LogP contribution in [0.25, 0.3) is 0 Å². The van der Waals surface area contributed by atoms with Gasteiger partial charge in [0.05, 0.1) is 18.8 Å². The Hall–Kier alpha value is 0.0700. The van der Waals surface area contributed by atoms with Crippen molar-refractivity contribution in [3.63, 3.8) is 0 Å². The molecule has 6 atom stereocenters. The molecule has 5 N–H and O–H groups in total. The fourth-order valence-corrected chi connectivity index (χ4v) is 2.13. The number of hydrogen-bond acceptors (Lipinski definition) is 8. The Balaban J connectivity index is 2.76. The van der Waals surface area contributed by atoms with E-state index in [1.807, 2.05) is 0 Å². The van der Waals surface area contributed by atoms with E-state index in [0.717, 1.165) is 0 Å². The number of hydrogen-bond donors (Lipinski definition) is 6. The predicted molar refractivity (Wildman–Crippen MR) is 61.3 cm³/mol. The Kier molecular flexibility index (Phi) is 6.10. The summed E-state index contributed by atoms with van der Waals surface area (Å²) in [5.41, 5.74) is 0. The van der Waals surface area contributed by atoms with Crippen molar-refractivity contribution in [2.75, 3.05) is 13.7 Å². The van der Waals surface area contributed by atoms with Gasteiger partial charge in [0.1, 0.15) is 18.3 Å². The minimum Gasteiger partial charge on any atom is -0.394 e. The van der Waals surface area contributed by atoms with Gasteiger partial charge in [0.15, 0.2) is 6.29 Å². The zero-order valence-corrected chi connectivity index (χ0v) is 10.3. The molecule has 8 heteroatoms. The SMILES string of the molecule is COC1CC(O)C(NS)C(C(O)C(O)CO)O1. The van der Waals surface area contributed by atoms with Gasteiger partial charge in [-0.2, -0.15) is 0 Å². The summed E-state index contributed by atoms with van der Waals surface area (Å²) >= 11 is 3.85. The van der Waals surface area contributed by atoms with Gasteiger partial charge in [-0.25, -0.2) is 0 Å². The van der Waals surface area contributed by atoms with Gasteiger partial charge in [-0.3, -0.25) is 4.72 Å². The first kappa shape index (κ1) is 15.1. The van der Waals surface area contributed by atoms with Gasteiger partial charge >= 0.3 is 0 Å². The standard InChI is InChI=1S/C9H19NO6S/c1-15-6-2-4(12)7(10-17)9(16-6)8(14)5(13)3-11/h4-14,17H,2-3H2,1H3. The minimum atomic E-state index is -1.35. The molecule has 17 heavy (non-hydrogen) atoms. The van der Waals surface area contributed by atoms with Crippen molar-refractivity contribution >= 4 is 12.8 Å². The van der Waals surface area contributed by atoms with Crippen molar-refractivity contribution in [1.82, 2.24) is 4.72 Å². The van der Waals surface area contributed by atoms with E-state index in [1.165, 1.54) is 7.11 Å². The second kappa shape index (κ2) is 6.86. The first-order valence-corrected chi connectivity index (χ1v) is 5.72. The number of methoxy groups -OCH3 is 1. The van der Waals surface area contributed by atoms with Gasteiger partial charge in [0, 0.05) is 13.5 Å². The van der Waals surface area contributed by atoms with Crippen LogP contribution in [-0.4, -0.2) is 70.9 Å². The highest BCUT2D eigenvalue weighted by molar-refractivity contribution is 7.78. The third-order valence-corrected chi connectivity index (χ3v) is 3.14. The molecule has 0 amide bonds. The van der Waals surface area contributed by atoms with E-state index in [2.05, 4.69) is 17.5 Å². The summed E-state index contributed by atoms with van der Waals surface area (Å²) in [5, 5.41) is 37.8. The molecule has 1 fully saturated rings. The molecular formula is C9H19NO6S. The van der Waals surface area contributed by atoms with Gasteiger partial charge in [-0.15, -0.1) is 0 Å². The van der Waals surface area contributed by atoms with Crippen molar-refractivity contribution in [2.24, 2.45) is 0 Å². The lowest BCUT2D eigenvalue weighted by atomic mass is 9.93. The minimum absolute atomic E-state index is 0.229. The van der Waals surface area contributed by atoms with E-state index in [-0.39, 0.29) is 6.42 Å². The summed E-state index contributed by atoms with van der Waals surface area (Å²) in [7, 11) is 1.41. The summed E-state index contributed by atoms with van der Waals surface area (Å²) in [5.74, 6) is 0. The maximum absolute atomic E-state index is 9.82. The number of nitrogens with one attached hydrogen (secondary N) is 1. The molecule has 0 aromatic heterocycles. The monoisotopic (exact) mass is 269 g/mol. The molecule has 7 nitrogen and oxygen atoms in total. The maximum atomic E-state index is 9.82. The molecule has 1 heterocycles. The molecule has 6 unspecified atom stereocenters. The Morgan fingerprint density at radius 1 is 1.53 bits per heavy atom. The average Bonchev–Trinajstić information content (AvgIpc) is 2.35. The van der Waals surface area contributed by atoms with E-state index in [4.69, 9.17) is 14.6 Å². The van der Waals surface area contributed by atoms with E-state index in [1.54, 1.807) is 0 Å². The number of ether oxygens (including phenoxy) is 2. The van der Waals surface area contributed by atoms with Crippen LogP contribution in [0.1, 0.15) is 6.42 Å². The van der Waals surface area contributed by atoms with Crippen LogP contribution in [0.5, 0.6) is 0 Å². The molecule has 1 aliphatic rings. The summed E-state index contributed by atoms with van der Waals surface area (Å²) in [6.07, 6.45) is -4.91. The average molecular weight is 269 g/mol. The largest absolute Gasteiger partial charge is 0.394 e. The van der Waals surface area contributed by atoms with Crippen LogP contribution in [0.3, 0.4) is 0 Å². The molecule has 102 valence electrons. The van der Waals surface area contributed by atoms with Crippen LogP contribution < -0.4 is 4.72 Å². The van der Waals surface area contributed by atoms with E-state index in [0.29, 0.717) is 0 Å². The van der Waals surface area contributed by atoms with Gasteiger partial charge in [-0.1, -0.05) is 12.8 Å². The molecule has 0 spiro atoms. The van der Waals surface area contributed by atoms with Crippen LogP contribution in [0, 0.1) is 0 Å². The smallest absolute Gasteiger partial charge is 0.160 e. The number of aliphatic hydroxyl groups excluding tert-OH is 4. The zero-order valence-electron chi connectivity index (χ0n) is 9.43. The molecule has 0 bridgehead atoms. The van der Waals surface area contributed by atoms with Crippen LogP contribution in [-0.2, 0) is 9.47 Å². The van der Waals surface area contributed by atoms with Gasteiger partial charge in [0.25, 0.3) is 0 Å². The van der Waals surface area contributed by atoms with Crippen LogP contribution in [0.2, 0.25) is 0 Å². The zero-order chi connectivity index (χ0) is 13.0. The van der Waals surface area contributed by atoms with E-state index >= 15 is 0 Å². The third-order valence-electron chi connectivity index (χ3n) is 2.84. The predicted octanol–water partition coefficient (Wildman–Crippen LogP) is -2.37. The highest BCUT2D eigenvalue weighted by Crippen LogP contribution is 2.24. The first-order valence-electron chi connectivity index (χ1n) is 5.28. The van der Waals surface area contributed by atoms with Crippen molar-refractivity contribution in [3.8, 4) is 0 Å². The third kappa shape index (κ3) is 3.52. The molecule has 0 aromatic rings. The van der Waals surface area contributed by atoms with Crippen molar-refractivity contribution in [1.29, 1.82) is 0 Å². The van der Waals surface area contributed by atoms with Gasteiger partial charge in [0.2, 0.25) is 0 Å². The lowest BCUT2D eigenvalue weighted by Gasteiger charge is -2.41. The van der Waals surface area contributed by atoms with Gasteiger partial charge < -0.3 is 29.9 Å². The van der Waals surface area contributed by atoms with E-state index in [9.17, 15) is 15.3 Å². The molecule has 1 aliphatic heterocycles. The fourth-order valence-electron chi connectivity index (χ4n) is 1.81. The lowest BCUT2D eigenvalue weighted by molar-refractivity contribution is -0.243. The highest BCUT2D eigenvalue weighted by Gasteiger charge is 2.43. The summed E-state index contributed by atoms with van der Waals surface area (Å²) in [6, 6.07) is -0.666. The van der Waals surface area contributed by atoms with Crippen molar-refractivity contribution in [3.05, 3.63) is 0 Å². The molecule has 1 rings (SSSR count). The van der Waals surface area contributed by atoms with Crippen LogP contribution >= 0.6 is 12.8 Å². The first-order chi connectivity index (χ1) is 8.04. The van der Waals surface area contributed by atoms with Gasteiger partial charge in [-0.05, 0) is 0 Å². The van der Waals surface area contributed by atoms with Crippen LogP contribution in [0.4, 0.5) is 0 Å². The summed E-state index contributed by atoms with van der Waals surface area (Å²) < 4.78 is 12.9. The van der Waals surface area contributed by atoms with Crippen LogP contribution in [0.15, 0.2) is 0 Å².